The molecule has 0 radical (unpaired) electrons. The number of Topliss-reactive ketones (excluding diaryl/α,β-unsaturated/α-hetero) is 1. The minimum Gasteiger partial charge on any atom is -0.292 e. The molecule has 6 heteroatoms. The van der Waals surface area contributed by atoms with E-state index in [2.05, 4.69) is 26.2 Å². The summed E-state index contributed by atoms with van der Waals surface area (Å²) in [5, 5.41) is 7.47. The quantitative estimate of drug-likeness (QED) is 0.816. The zero-order valence-corrected chi connectivity index (χ0v) is 10.6. The highest BCUT2D eigenvalue weighted by Crippen LogP contribution is 2.15. The number of aryl methyl sites for hydroxylation is 1. The van der Waals surface area contributed by atoms with Gasteiger partial charge in [0, 0.05) is 13.5 Å². The van der Waals surface area contributed by atoms with Crippen LogP contribution in [0.3, 0.4) is 0 Å². The summed E-state index contributed by atoms with van der Waals surface area (Å²) in [5.41, 5.74) is 1.17. The zero-order chi connectivity index (χ0) is 12.4. The summed E-state index contributed by atoms with van der Waals surface area (Å²) in [6, 6.07) is 5.84. The van der Waals surface area contributed by atoms with Crippen molar-refractivity contribution >= 4 is 21.7 Å². The van der Waals surface area contributed by atoms with Crippen LogP contribution in [0, 0.1) is 5.82 Å². The highest BCUT2D eigenvalue weighted by Gasteiger charge is 2.16. The minimum atomic E-state index is -0.315. The molecule has 4 nitrogen and oxygen atoms in total. The van der Waals surface area contributed by atoms with Crippen LogP contribution < -0.4 is 0 Å². The summed E-state index contributed by atoms with van der Waals surface area (Å²) >= 11 is 3.17. The SMILES string of the molecule is Cn1nnc(Br)c1C(=O)Cc1ccc(F)cc1. The van der Waals surface area contributed by atoms with Crippen LogP contribution in [0.15, 0.2) is 28.9 Å². The molecular formula is C11H9BrFN3O. The van der Waals surface area contributed by atoms with Crippen molar-refractivity contribution in [3.8, 4) is 0 Å². The molecule has 0 aliphatic carbocycles. The van der Waals surface area contributed by atoms with Crippen LogP contribution in [-0.2, 0) is 13.5 Å². The number of rotatable bonds is 3. The summed E-state index contributed by atoms with van der Waals surface area (Å²) in [6.45, 7) is 0. The van der Waals surface area contributed by atoms with E-state index in [4.69, 9.17) is 0 Å². The zero-order valence-electron chi connectivity index (χ0n) is 9.02. The number of nitrogens with zero attached hydrogens (tertiary/aromatic N) is 3. The van der Waals surface area contributed by atoms with Crippen molar-refractivity contribution in [1.29, 1.82) is 0 Å². The Balaban J connectivity index is 2.20. The fourth-order valence-electron chi connectivity index (χ4n) is 1.50. The van der Waals surface area contributed by atoms with E-state index in [0.29, 0.717) is 10.3 Å². The van der Waals surface area contributed by atoms with Crippen LogP contribution in [0.4, 0.5) is 4.39 Å². The molecule has 0 spiro atoms. The molecule has 0 saturated heterocycles. The fraction of sp³-hybridized carbons (Fsp3) is 0.182. The van der Waals surface area contributed by atoms with Gasteiger partial charge in [-0.15, -0.1) is 5.10 Å². The van der Waals surface area contributed by atoms with Crippen molar-refractivity contribution < 1.29 is 9.18 Å². The average Bonchev–Trinajstić information content (AvgIpc) is 2.62. The Hall–Kier alpha value is -1.56. The van der Waals surface area contributed by atoms with E-state index in [1.807, 2.05) is 0 Å². The van der Waals surface area contributed by atoms with Crippen LogP contribution in [0.5, 0.6) is 0 Å². The average molecular weight is 298 g/mol. The molecule has 0 aliphatic rings. The second-order valence-corrected chi connectivity index (χ2v) is 4.33. The molecule has 1 aromatic carbocycles. The van der Waals surface area contributed by atoms with Gasteiger partial charge < -0.3 is 0 Å². The van der Waals surface area contributed by atoms with Gasteiger partial charge in [-0.1, -0.05) is 17.3 Å². The third-order valence-corrected chi connectivity index (χ3v) is 2.86. The number of halogens is 2. The van der Waals surface area contributed by atoms with E-state index in [0.717, 1.165) is 5.56 Å². The Morgan fingerprint density at radius 1 is 1.41 bits per heavy atom. The lowest BCUT2D eigenvalue weighted by Gasteiger charge is -2.01. The number of carbonyl (C=O) groups excluding carboxylic acids is 1. The van der Waals surface area contributed by atoms with Gasteiger partial charge >= 0.3 is 0 Å². The van der Waals surface area contributed by atoms with Gasteiger partial charge in [0.2, 0.25) is 0 Å². The van der Waals surface area contributed by atoms with E-state index in [1.165, 1.54) is 16.8 Å². The first-order valence-electron chi connectivity index (χ1n) is 4.90. The summed E-state index contributed by atoms with van der Waals surface area (Å²) in [7, 11) is 1.65. The molecule has 1 heterocycles. The molecular weight excluding hydrogens is 289 g/mol. The summed E-state index contributed by atoms with van der Waals surface area (Å²) in [4.78, 5) is 12.0. The molecule has 2 aromatic rings. The van der Waals surface area contributed by atoms with Gasteiger partial charge in [0.25, 0.3) is 0 Å². The Labute approximate surface area is 106 Å². The Kier molecular flexibility index (Phi) is 3.33. The van der Waals surface area contributed by atoms with Gasteiger partial charge in [0.1, 0.15) is 11.5 Å². The minimum absolute atomic E-state index is 0.115. The van der Waals surface area contributed by atoms with Crippen LogP contribution in [0.1, 0.15) is 16.1 Å². The summed E-state index contributed by atoms with van der Waals surface area (Å²) < 4.78 is 14.5. The standard InChI is InChI=1S/C11H9BrFN3O/c1-16-10(11(12)14-15-16)9(17)6-7-2-4-8(13)5-3-7/h2-5H,6H2,1H3. The van der Waals surface area contributed by atoms with Crippen molar-refractivity contribution in [2.75, 3.05) is 0 Å². The van der Waals surface area contributed by atoms with Crippen LogP contribution >= 0.6 is 15.9 Å². The fourth-order valence-corrected chi connectivity index (χ4v) is 2.05. The maximum Gasteiger partial charge on any atom is 0.188 e. The maximum absolute atomic E-state index is 12.7. The first kappa shape index (κ1) is 11.9. The summed E-state index contributed by atoms with van der Waals surface area (Å²) in [5.74, 6) is -0.430. The van der Waals surface area contributed by atoms with E-state index in [9.17, 15) is 9.18 Å². The molecule has 2 rings (SSSR count). The van der Waals surface area contributed by atoms with Crippen LogP contribution in [0.2, 0.25) is 0 Å². The normalized spacial score (nSPS) is 10.5. The topological polar surface area (TPSA) is 47.8 Å². The molecule has 1 aromatic heterocycles. The van der Waals surface area contributed by atoms with Gasteiger partial charge in [-0.05, 0) is 33.6 Å². The number of hydrogen-bond donors (Lipinski definition) is 0. The third kappa shape index (κ3) is 2.58. The van der Waals surface area contributed by atoms with E-state index in [-0.39, 0.29) is 18.0 Å². The number of carbonyl (C=O) groups is 1. The molecule has 0 saturated carbocycles. The molecule has 88 valence electrons. The van der Waals surface area contributed by atoms with Crippen LogP contribution in [0.25, 0.3) is 0 Å². The lowest BCUT2D eigenvalue weighted by molar-refractivity contribution is 0.0983. The van der Waals surface area contributed by atoms with Crippen molar-refractivity contribution in [1.82, 2.24) is 15.0 Å². The van der Waals surface area contributed by atoms with Gasteiger partial charge in [-0.25, -0.2) is 9.07 Å². The smallest absolute Gasteiger partial charge is 0.188 e. The Bertz CT molecular complexity index is 531. The first-order chi connectivity index (χ1) is 8.08. The molecule has 0 unspecified atom stereocenters. The molecule has 0 bridgehead atoms. The predicted molar refractivity (Wildman–Crippen MR) is 63.1 cm³/mol. The van der Waals surface area contributed by atoms with E-state index in [1.54, 1.807) is 19.2 Å². The molecule has 17 heavy (non-hydrogen) atoms. The molecule has 0 fully saturated rings. The number of hydrogen-bond acceptors (Lipinski definition) is 3. The van der Waals surface area contributed by atoms with Gasteiger partial charge in [-0.2, -0.15) is 0 Å². The maximum atomic E-state index is 12.7. The molecule has 0 aliphatic heterocycles. The number of benzene rings is 1. The monoisotopic (exact) mass is 297 g/mol. The van der Waals surface area contributed by atoms with Gasteiger partial charge in [0.05, 0.1) is 0 Å². The Morgan fingerprint density at radius 2 is 2.06 bits per heavy atom. The van der Waals surface area contributed by atoms with Gasteiger partial charge in [0.15, 0.2) is 10.4 Å². The van der Waals surface area contributed by atoms with E-state index >= 15 is 0 Å². The third-order valence-electron chi connectivity index (χ3n) is 2.33. The van der Waals surface area contributed by atoms with Crippen molar-refractivity contribution in [3.63, 3.8) is 0 Å². The van der Waals surface area contributed by atoms with Crippen molar-refractivity contribution in [2.24, 2.45) is 7.05 Å². The largest absolute Gasteiger partial charge is 0.292 e. The number of aromatic nitrogens is 3. The number of ketones is 1. The lowest BCUT2D eigenvalue weighted by Crippen LogP contribution is -2.10. The van der Waals surface area contributed by atoms with Gasteiger partial charge in [-0.3, -0.25) is 4.79 Å². The molecule has 0 atom stereocenters. The van der Waals surface area contributed by atoms with Crippen molar-refractivity contribution in [2.45, 2.75) is 6.42 Å². The Morgan fingerprint density at radius 3 is 2.59 bits per heavy atom. The second kappa shape index (κ2) is 4.75. The van der Waals surface area contributed by atoms with E-state index < -0.39 is 0 Å². The predicted octanol–water partition coefficient (Wildman–Crippen LogP) is 2.14. The van der Waals surface area contributed by atoms with Crippen LogP contribution in [-0.4, -0.2) is 20.8 Å². The molecule has 0 amide bonds. The lowest BCUT2D eigenvalue weighted by atomic mass is 10.1. The second-order valence-electron chi connectivity index (χ2n) is 3.58. The highest BCUT2D eigenvalue weighted by atomic mass is 79.9. The molecule has 0 N–H and O–H groups in total. The first-order valence-corrected chi connectivity index (χ1v) is 5.70. The van der Waals surface area contributed by atoms with Crippen molar-refractivity contribution in [3.05, 3.63) is 45.9 Å². The summed E-state index contributed by atoms with van der Waals surface area (Å²) in [6.07, 6.45) is 0.195. The highest BCUT2D eigenvalue weighted by molar-refractivity contribution is 9.10.